The topological polar surface area (TPSA) is 92.8 Å². The van der Waals surface area contributed by atoms with E-state index in [0.717, 1.165) is 25.0 Å². The third-order valence-electron chi connectivity index (χ3n) is 4.33. The molecule has 2 unspecified atom stereocenters. The summed E-state index contributed by atoms with van der Waals surface area (Å²) in [6.45, 7) is 4.43. The van der Waals surface area contributed by atoms with E-state index in [4.69, 9.17) is 5.73 Å². The van der Waals surface area contributed by atoms with Crippen molar-refractivity contribution in [2.75, 3.05) is 18.1 Å². The smallest absolute Gasteiger partial charge is 0.252 e. The molecule has 0 spiro atoms. The number of carbonyl (C=O) groups is 1. The van der Waals surface area contributed by atoms with Crippen molar-refractivity contribution in [3.05, 3.63) is 0 Å². The van der Waals surface area contributed by atoms with Gasteiger partial charge in [-0.1, -0.05) is 13.3 Å². The minimum Gasteiger partial charge on any atom is -0.330 e. The Morgan fingerprint density at radius 2 is 2.19 bits per heavy atom. The molecule has 6 nitrogen and oxygen atoms in total. The lowest BCUT2D eigenvalue weighted by Crippen LogP contribution is -2.47. The molecule has 2 N–H and O–H groups in total. The Labute approximate surface area is 126 Å². The molecule has 120 valence electrons. The summed E-state index contributed by atoms with van der Waals surface area (Å²) in [4.78, 5) is 12.7. The average Bonchev–Trinajstić information content (AvgIpc) is 2.87. The molecule has 1 fully saturated rings. The Morgan fingerprint density at radius 3 is 2.71 bits per heavy atom. The molecular formula is C14H25N3O3S. The summed E-state index contributed by atoms with van der Waals surface area (Å²) >= 11 is 0. The van der Waals surface area contributed by atoms with Crippen molar-refractivity contribution >= 4 is 21.5 Å². The Bertz CT molecular complexity index is 544. The number of hydrogen-bond donors (Lipinski definition) is 1. The predicted octanol–water partition coefficient (Wildman–Crippen LogP) is 0.917. The fourth-order valence-electron chi connectivity index (χ4n) is 3.18. The van der Waals surface area contributed by atoms with Gasteiger partial charge in [-0.25, -0.2) is 13.4 Å². The van der Waals surface area contributed by atoms with Crippen LogP contribution in [0.4, 0.5) is 0 Å². The van der Waals surface area contributed by atoms with Crippen LogP contribution in [-0.2, 0) is 14.6 Å². The van der Waals surface area contributed by atoms with Gasteiger partial charge in [-0.3, -0.25) is 4.79 Å². The first-order valence-electron chi connectivity index (χ1n) is 7.65. The van der Waals surface area contributed by atoms with Gasteiger partial charge in [-0.2, -0.15) is 5.10 Å². The highest BCUT2D eigenvalue weighted by molar-refractivity contribution is 7.91. The average molecular weight is 315 g/mol. The zero-order valence-electron chi connectivity index (χ0n) is 12.8. The van der Waals surface area contributed by atoms with Crippen LogP contribution in [0.5, 0.6) is 0 Å². The molecule has 0 aliphatic carbocycles. The quantitative estimate of drug-likeness (QED) is 0.788. The molecule has 0 aromatic carbocycles. The minimum absolute atomic E-state index is 0.0122. The van der Waals surface area contributed by atoms with Gasteiger partial charge in [-0.05, 0) is 39.2 Å². The first kappa shape index (κ1) is 16.4. The van der Waals surface area contributed by atoms with Crippen molar-refractivity contribution < 1.29 is 13.2 Å². The fraction of sp³-hybridized carbons (Fsp3) is 0.857. The molecule has 2 aliphatic rings. The van der Waals surface area contributed by atoms with Gasteiger partial charge in [0.05, 0.1) is 28.7 Å². The van der Waals surface area contributed by atoms with Crippen LogP contribution in [0.3, 0.4) is 0 Å². The van der Waals surface area contributed by atoms with Crippen molar-refractivity contribution in [3.8, 4) is 0 Å². The summed E-state index contributed by atoms with van der Waals surface area (Å²) in [5.41, 5.74) is 5.75. The molecule has 2 aliphatic heterocycles. The van der Waals surface area contributed by atoms with E-state index in [-0.39, 0.29) is 23.3 Å². The molecule has 0 radical (unpaired) electrons. The van der Waals surface area contributed by atoms with E-state index in [1.807, 2.05) is 6.92 Å². The maximum atomic E-state index is 12.7. The molecule has 7 heteroatoms. The molecule has 2 atom stereocenters. The number of amides is 1. The van der Waals surface area contributed by atoms with Gasteiger partial charge in [0.1, 0.15) is 0 Å². The Morgan fingerprint density at radius 1 is 1.48 bits per heavy atom. The van der Waals surface area contributed by atoms with Crippen molar-refractivity contribution in [2.45, 2.75) is 51.5 Å². The Hall–Kier alpha value is -0.950. The number of sulfone groups is 1. The third kappa shape index (κ3) is 3.29. The first-order valence-corrected chi connectivity index (χ1v) is 9.47. The van der Waals surface area contributed by atoms with Crippen LogP contribution in [0.25, 0.3) is 0 Å². The lowest BCUT2D eigenvalue weighted by Gasteiger charge is -2.31. The second-order valence-electron chi connectivity index (χ2n) is 6.31. The zero-order chi connectivity index (χ0) is 15.7. The number of rotatable bonds is 6. The van der Waals surface area contributed by atoms with E-state index >= 15 is 0 Å². The summed E-state index contributed by atoms with van der Waals surface area (Å²) in [5.74, 6) is -0.113. The van der Waals surface area contributed by atoms with Crippen LogP contribution >= 0.6 is 0 Å². The van der Waals surface area contributed by atoms with Crippen LogP contribution in [0.1, 0.15) is 46.0 Å². The first-order chi connectivity index (χ1) is 9.83. The molecule has 1 saturated heterocycles. The van der Waals surface area contributed by atoms with E-state index in [1.54, 1.807) is 0 Å². The second kappa shape index (κ2) is 6.04. The van der Waals surface area contributed by atoms with E-state index in [2.05, 4.69) is 12.0 Å². The Balaban J connectivity index is 2.23. The number of nitrogens with zero attached hydrogens (tertiary/aromatic N) is 2. The van der Waals surface area contributed by atoms with Gasteiger partial charge in [0.2, 0.25) is 0 Å². The Kier molecular flexibility index (Phi) is 4.72. The van der Waals surface area contributed by atoms with Crippen molar-refractivity contribution in [1.82, 2.24) is 5.01 Å². The minimum atomic E-state index is -3.06. The molecule has 2 heterocycles. The summed E-state index contributed by atoms with van der Waals surface area (Å²) in [6.07, 6.45) is 3.65. The third-order valence-corrected chi connectivity index (χ3v) is 6.22. The lowest BCUT2D eigenvalue weighted by atomic mass is 9.93. The normalized spacial score (nSPS) is 31.8. The highest BCUT2D eigenvalue weighted by atomic mass is 32.2. The summed E-state index contributed by atoms with van der Waals surface area (Å²) in [7, 11) is -3.06. The largest absolute Gasteiger partial charge is 0.330 e. The molecule has 0 aromatic heterocycles. The van der Waals surface area contributed by atoms with Crippen LogP contribution in [0.15, 0.2) is 5.10 Å². The molecule has 2 rings (SSSR count). The fourth-order valence-corrected chi connectivity index (χ4v) is 5.29. The molecule has 0 bridgehead atoms. The maximum absolute atomic E-state index is 12.7. The van der Waals surface area contributed by atoms with Gasteiger partial charge < -0.3 is 5.73 Å². The van der Waals surface area contributed by atoms with Crippen LogP contribution in [0.2, 0.25) is 0 Å². The molecular weight excluding hydrogens is 290 g/mol. The molecule has 1 amide bonds. The summed E-state index contributed by atoms with van der Waals surface area (Å²) in [6, 6.07) is 0. The predicted molar refractivity (Wildman–Crippen MR) is 82.6 cm³/mol. The molecule has 21 heavy (non-hydrogen) atoms. The standard InChI is InChI=1S/C14H25N3O3S/c1-3-5-12-11(6-4-8-15)13(18)17(16-12)14(2)7-9-21(19,20)10-14/h11H,3-10,15H2,1-2H3. The van der Waals surface area contributed by atoms with Crippen molar-refractivity contribution in [3.63, 3.8) is 0 Å². The monoisotopic (exact) mass is 315 g/mol. The SMILES string of the molecule is CCCC1=NN(C2(C)CCS(=O)(=O)C2)C(=O)C1CCCN. The van der Waals surface area contributed by atoms with Crippen molar-refractivity contribution in [2.24, 2.45) is 16.8 Å². The van der Waals surface area contributed by atoms with E-state index in [9.17, 15) is 13.2 Å². The van der Waals surface area contributed by atoms with E-state index < -0.39 is 15.4 Å². The van der Waals surface area contributed by atoms with E-state index in [1.165, 1.54) is 5.01 Å². The highest BCUT2D eigenvalue weighted by Crippen LogP contribution is 2.35. The zero-order valence-corrected chi connectivity index (χ0v) is 13.7. The van der Waals surface area contributed by atoms with Gasteiger partial charge >= 0.3 is 0 Å². The van der Waals surface area contributed by atoms with Gasteiger partial charge in [0.15, 0.2) is 9.84 Å². The summed E-state index contributed by atoms with van der Waals surface area (Å²) in [5, 5.41) is 5.97. The van der Waals surface area contributed by atoms with E-state index in [0.29, 0.717) is 19.4 Å². The van der Waals surface area contributed by atoms with Crippen LogP contribution in [0, 0.1) is 5.92 Å². The van der Waals surface area contributed by atoms with Crippen LogP contribution < -0.4 is 5.73 Å². The number of carbonyl (C=O) groups excluding carboxylic acids is 1. The second-order valence-corrected chi connectivity index (χ2v) is 8.50. The lowest BCUT2D eigenvalue weighted by molar-refractivity contribution is -0.136. The van der Waals surface area contributed by atoms with Gasteiger partial charge in [0.25, 0.3) is 5.91 Å². The number of hydrogen-bond acceptors (Lipinski definition) is 5. The van der Waals surface area contributed by atoms with Gasteiger partial charge in [0, 0.05) is 0 Å². The number of hydrazone groups is 1. The van der Waals surface area contributed by atoms with Crippen LogP contribution in [-0.4, -0.2) is 48.6 Å². The number of nitrogens with two attached hydrogens (primary N) is 1. The summed E-state index contributed by atoms with van der Waals surface area (Å²) < 4.78 is 23.5. The maximum Gasteiger partial charge on any atom is 0.252 e. The highest BCUT2D eigenvalue weighted by Gasteiger charge is 2.49. The van der Waals surface area contributed by atoms with Crippen molar-refractivity contribution in [1.29, 1.82) is 0 Å². The molecule has 0 aromatic rings. The molecule has 0 saturated carbocycles. The van der Waals surface area contributed by atoms with Gasteiger partial charge in [-0.15, -0.1) is 0 Å².